The summed E-state index contributed by atoms with van der Waals surface area (Å²) in [5.74, 6) is 0.621. The summed E-state index contributed by atoms with van der Waals surface area (Å²) < 4.78 is 6.78. The summed E-state index contributed by atoms with van der Waals surface area (Å²) in [5, 5.41) is 0. The van der Waals surface area contributed by atoms with E-state index in [1.54, 1.807) is 0 Å². The Morgan fingerprint density at radius 2 is 0.831 bits per heavy atom. The first kappa shape index (κ1) is 42.6. The molecule has 2 aliphatic rings. The second-order valence-electron chi connectivity index (χ2n) is 22.7. The topological polar surface area (TPSA) is 32.5 Å². The van der Waals surface area contributed by atoms with Crippen molar-refractivity contribution < 1.29 is 4.42 Å². The standard InChI is InChI=1S/C60H62BN3O/c1-37-32-52-55-53(33-37)64(46-29-24-43(25-30-46)59(8,9)10)51-36-54-49(62-56(65-54)40-16-14-38(15-17-40)39-18-20-41(21-19-39)57(2,3)4)35-48(51)61(55)47-34-44(60(11,12)13)26-31-50(47)63(52)45-27-22-42(23-28-45)58(5,6)7/h14-36H,1-13H3. The van der Waals surface area contributed by atoms with Crippen molar-refractivity contribution in [2.45, 2.75) is 112 Å². The van der Waals surface area contributed by atoms with E-state index >= 15 is 0 Å². The molecule has 8 aromatic rings. The Morgan fingerprint density at radius 1 is 0.415 bits per heavy atom. The summed E-state index contributed by atoms with van der Waals surface area (Å²) in [6, 6.07) is 52.5. The molecule has 7 aromatic carbocycles. The Kier molecular flexibility index (Phi) is 9.74. The molecule has 0 fully saturated rings. The van der Waals surface area contributed by atoms with Crippen molar-refractivity contribution in [1.29, 1.82) is 0 Å². The van der Waals surface area contributed by atoms with Crippen LogP contribution in [0.1, 0.15) is 111 Å². The highest BCUT2D eigenvalue weighted by Crippen LogP contribution is 2.46. The average Bonchev–Trinajstić information content (AvgIpc) is 3.67. The maximum Gasteiger partial charge on any atom is 0.252 e. The van der Waals surface area contributed by atoms with Gasteiger partial charge in [-0.05, 0) is 145 Å². The molecule has 1 aromatic heterocycles. The minimum absolute atomic E-state index is 0.0287. The van der Waals surface area contributed by atoms with E-state index in [9.17, 15) is 0 Å². The molecule has 326 valence electrons. The lowest BCUT2D eigenvalue weighted by atomic mass is 9.33. The van der Waals surface area contributed by atoms with E-state index in [1.807, 2.05) is 0 Å². The number of anilines is 6. The molecule has 0 amide bonds. The number of nitrogens with zero attached hydrogens (tertiary/aromatic N) is 3. The minimum Gasteiger partial charge on any atom is -0.436 e. The van der Waals surface area contributed by atoms with Crippen LogP contribution in [0.5, 0.6) is 0 Å². The van der Waals surface area contributed by atoms with Crippen LogP contribution in [0.4, 0.5) is 34.1 Å². The third-order valence-corrected chi connectivity index (χ3v) is 13.8. The number of hydrogen-bond donors (Lipinski definition) is 0. The Morgan fingerprint density at radius 3 is 1.32 bits per heavy atom. The Hall–Kier alpha value is -6.33. The Balaban J connectivity index is 1.18. The molecule has 0 unspecified atom stereocenters. The second-order valence-corrected chi connectivity index (χ2v) is 22.7. The molecule has 65 heavy (non-hydrogen) atoms. The van der Waals surface area contributed by atoms with Gasteiger partial charge in [0.25, 0.3) is 6.71 Å². The van der Waals surface area contributed by atoms with Crippen LogP contribution in [0.2, 0.25) is 0 Å². The monoisotopic (exact) mass is 851 g/mol. The predicted molar refractivity (Wildman–Crippen MR) is 278 cm³/mol. The Labute approximate surface area is 387 Å². The molecular formula is C60H62BN3O. The van der Waals surface area contributed by atoms with Gasteiger partial charge in [-0.2, -0.15) is 0 Å². The second kappa shape index (κ2) is 14.9. The number of hydrogen-bond acceptors (Lipinski definition) is 4. The first-order valence-electron chi connectivity index (χ1n) is 23.4. The molecule has 0 aliphatic carbocycles. The normalized spacial score (nSPS) is 13.8. The van der Waals surface area contributed by atoms with Crippen molar-refractivity contribution in [3.8, 4) is 22.6 Å². The predicted octanol–water partition coefficient (Wildman–Crippen LogP) is 14.7. The van der Waals surface area contributed by atoms with Gasteiger partial charge in [0.15, 0.2) is 5.58 Å². The number of fused-ring (bicyclic) bond motifs is 5. The lowest BCUT2D eigenvalue weighted by molar-refractivity contribution is 0.590. The third-order valence-electron chi connectivity index (χ3n) is 13.8. The highest BCUT2D eigenvalue weighted by Gasteiger charge is 2.44. The summed E-state index contributed by atoms with van der Waals surface area (Å²) in [6.45, 7) is 29.6. The SMILES string of the molecule is Cc1cc2c3c(c1)N(c1ccc(C(C)(C)C)cc1)c1cc4oc(-c5ccc(-c6ccc(C(C)(C)C)cc6)cc5)nc4cc1B3c1cc(C(C)(C)C)ccc1N2c1ccc(C(C)(C)C)cc1. The van der Waals surface area contributed by atoms with Crippen LogP contribution in [0, 0.1) is 6.92 Å². The van der Waals surface area contributed by atoms with Gasteiger partial charge in [-0.15, -0.1) is 0 Å². The van der Waals surface area contributed by atoms with E-state index in [-0.39, 0.29) is 28.4 Å². The fraction of sp³-hybridized carbons (Fsp3) is 0.283. The van der Waals surface area contributed by atoms with Crippen molar-refractivity contribution in [1.82, 2.24) is 4.98 Å². The molecule has 4 nitrogen and oxygen atoms in total. The highest BCUT2D eigenvalue weighted by atomic mass is 16.3. The number of oxazole rings is 1. The zero-order valence-electron chi connectivity index (χ0n) is 40.6. The maximum absolute atomic E-state index is 6.78. The van der Waals surface area contributed by atoms with E-state index < -0.39 is 0 Å². The van der Waals surface area contributed by atoms with Crippen LogP contribution in [0.25, 0.3) is 33.7 Å². The lowest BCUT2D eigenvalue weighted by Gasteiger charge is -2.44. The van der Waals surface area contributed by atoms with Crippen LogP contribution in [-0.4, -0.2) is 11.7 Å². The van der Waals surface area contributed by atoms with E-state index in [0.29, 0.717) is 5.89 Å². The van der Waals surface area contributed by atoms with Crippen molar-refractivity contribution in [3.05, 3.63) is 167 Å². The zero-order valence-corrected chi connectivity index (χ0v) is 40.6. The number of rotatable bonds is 4. The van der Waals surface area contributed by atoms with E-state index in [1.165, 1.54) is 72.4 Å². The van der Waals surface area contributed by atoms with Crippen LogP contribution < -0.4 is 26.2 Å². The smallest absolute Gasteiger partial charge is 0.252 e. The molecule has 0 radical (unpaired) electrons. The van der Waals surface area contributed by atoms with Crippen LogP contribution in [0.15, 0.2) is 144 Å². The first-order valence-corrected chi connectivity index (χ1v) is 23.4. The summed E-state index contributed by atoms with van der Waals surface area (Å²) in [5.41, 5.74) is 22.4. The Bertz CT molecular complexity index is 3110. The molecule has 0 bridgehead atoms. The molecule has 0 spiro atoms. The molecule has 5 heteroatoms. The minimum atomic E-state index is -0.0448. The summed E-state index contributed by atoms with van der Waals surface area (Å²) in [4.78, 5) is 10.2. The van der Waals surface area contributed by atoms with Gasteiger partial charge in [-0.1, -0.05) is 156 Å². The van der Waals surface area contributed by atoms with Crippen LogP contribution >= 0.6 is 0 Å². The number of aryl methyl sites for hydroxylation is 1. The first-order chi connectivity index (χ1) is 30.6. The quantitative estimate of drug-likeness (QED) is 0.165. The van der Waals surface area contributed by atoms with Gasteiger partial charge >= 0.3 is 0 Å². The summed E-state index contributed by atoms with van der Waals surface area (Å²) >= 11 is 0. The van der Waals surface area contributed by atoms with E-state index in [2.05, 4.69) is 239 Å². The van der Waals surface area contributed by atoms with Gasteiger partial charge in [0, 0.05) is 45.8 Å². The molecule has 0 N–H and O–H groups in total. The van der Waals surface area contributed by atoms with E-state index in [4.69, 9.17) is 9.40 Å². The summed E-state index contributed by atoms with van der Waals surface area (Å²) in [7, 11) is 0. The molecule has 0 atom stereocenters. The van der Waals surface area contributed by atoms with Crippen molar-refractivity contribution in [3.63, 3.8) is 0 Å². The van der Waals surface area contributed by atoms with Gasteiger partial charge in [-0.3, -0.25) is 0 Å². The number of aromatic nitrogens is 1. The third kappa shape index (κ3) is 7.47. The van der Waals surface area contributed by atoms with E-state index in [0.717, 1.165) is 33.7 Å². The molecule has 3 heterocycles. The molecule has 0 saturated carbocycles. The summed E-state index contributed by atoms with van der Waals surface area (Å²) in [6.07, 6.45) is 0. The van der Waals surface area contributed by atoms with Crippen molar-refractivity contribution >= 4 is 68.3 Å². The average molecular weight is 852 g/mol. The highest BCUT2D eigenvalue weighted by molar-refractivity contribution is 7.00. The van der Waals surface area contributed by atoms with Gasteiger partial charge in [-0.25, -0.2) is 4.98 Å². The molecule has 10 rings (SSSR count). The van der Waals surface area contributed by atoms with Gasteiger partial charge in [0.05, 0.1) is 0 Å². The van der Waals surface area contributed by atoms with Crippen LogP contribution in [0.3, 0.4) is 0 Å². The lowest BCUT2D eigenvalue weighted by Crippen LogP contribution is -2.61. The fourth-order valence-electron chi connectivity index (χ4n) is 9.89. The van der Waals surface area contributed by atoms with Crippen LogP contribution in [-0.2, 0) is 21.7 Å². The van der Waals surface area contributed by atoms with Gasteiger partial charge in [0.1, 0.15) is 5.52 Å². The van der Waals surface area contributed by atoms with Crippen molar-refractivity contribution in [2.75, 3.05) is 9.80 Å². The zero-order chi connectivity index (χ0) is 46.0. The molecule has 2 aliphatic heterocycles. The molecule has 0 saturated heterocycles. The number of benzene rings is 7. The van der Waals surface area contributed by atoms with Gasteiger partial charge < -0.3 is 14.2 Å². The van der Waals surface area contributed by atoms with Gasteiger partial charge in [0.2, 0.25) is 5.89 Å². The van der Waals surface area contributed by atoms with Crippen molar-refractivity contribution in [2.24, 2.45) is 0 Å². The largest absolute Gasteiger partial charge is 0.436 e. The maximum atomic E-state index is 6.78. The fourth-order valence-corrected chi connectivity index (χ4v) is 9.89. The molecular weight excluding hydrogens is 789 g/mol.